The molecule has 3 aromatic rings. The summed E-state index contributed by atoms with van der Waals surface area (Å²) in [6.45, 7) is 4.99. The molecule has 8 heteroatoms. The summed E-state index contributed by atoms with van der Waals surface area (Å²) in [6.07, 6.45) is 0.985. The number of aryl methyl sites for hydroxylation is 1. The SMILES string of the molecule is CCc1nc(N[C@H](CN2CCC2)c2cccc(Cl)c2)c2cccc(OC(N)=O)c2n1. The summed E-state index contributed by atoms with van der Waals surface area (Å²) in [7, 11) is 0. The molecule has 3 N–H and O–H groups in total. The van der Waals surface area contributed by atoms with Crippen molar-refractivity contribution in [3.05, 3.63) is 58.9 Å². The van der Waals surface area contributed by atoms with Gasteiger partial charge in [0.15, 0.2) is 5.75 Å². The number of carbonyl (C=O) groups excluding carboxylic acids is 1. The van der Waals surface area contributed by atoms with Crippen LogP contribution in [0.5, 0.6) is 5.75 Å². The van der Waals surface area contributed by atoms with Gasteiger partial charge in [-0.3, -0.25) is 0 Å². The maximum atomic E-state index is 11.3. The summed E-state index contributed by atoms with van der Waals surface area (Å²) in [6, 6.07) is 13.2. The Kier molecular flexibility index (Phi) is 6.01. The number of amides is 1. The number of nitrogens with two attached hydrogens (primary N) is 1. The van der Waals surface area contributed by atoms with Crippen LogP contribution in [-0.2, 0) is 6.42 Å². The van der Waals surface area contributed by atoms with E-state index >= 15 is 0 Å². The van der Waals surface area contributed by atoms with Gasteiger partial charge in [0, 0.05) is 23.4 Å². The average molecular weight is 426 g/mol. The van der Waals surface area contributed by atoms with E-state index < -0.39 is 6.09 Å². The summed E-state index contributed by atoms with van der Waals surface area (Å²) < 4.78 is 5.17. The number of anilines is 1. The number of likely N-dealkylation sites (tertiary alicyclic amines) is 1. The fraction of sp³-hybridized carbons (Fsp3) is 0.318. The summed E-state index contributed by atoms with van der Waals surface area (Å²) in [5.41, 5.74) is 6.88. The molecule has 156 valence electrons. The van der Waals surface area contributed by atoms with Crippen LogP contribution in [0.2, 0.25) is 5.02 Å². The van der Waals surface area contributed by atoms with Crippen LogP contribution in [0, 0.1) is 0 Å². The first-order valence-corrected chi connectivity index (χ1v) is 10.4. The number of ether oxygens (including phenoxy) is 1. The predicted molar refractivity (Wildman–Crippen MR) is 118 cm³/mol. The van der Waals surface area contributed by atoms with Gasteiger partial charge in [0.25, 0.3) is 0 Å². The minimum atomic E-state index is -0.872. The first kappa shape index (κ1) is 20.4. The molecule has 0 saturated carbocycles. The zero-order valence-corrected chi connectivity index (χ0v) is 17.5. The lowest BCUT2D eigenvalue weighted by Crippen LogP contribution is -2.41. The van der Waals surface area contributed by atoms with Crippen molar-refractivity contribution in [3.8, 4) is 5.75 Å². The van der Waals surface area contributed by atoms with Crippen LogP contribution in [-0.4, -0.2) is 40.6 Å². The molecule has 1 fully saturated rings. The number of para-hydroxylation sites is 1. The Morgan fingerprint density at radius 1 is 1.27 bits per heavy atom. The molecule has 4 rings (SSSR count). The molecule has 1 amide bonds. The maximum absolute atomic E-state index is 11.3. The molecule has 1 atom stereocenters. The summed E-state index contributed by atoms with van der Waals surface area (Å²) in [5, 5.41) is 5.06. The van der Waals surface area contributed by atoms with Crippen LogP contribution < -0.4 is 15.8 Å². The van der Waals surface area contributed by atoms with Gasteiger partial charge in [0.2, 0.25) is 0 Å². The molecule has 0 unspecified atom stereocenters. The smallest absolute Gasteiger partial charge is 0.408 e. The predicted octanol–water partition coefficient (Wildman–Crippen LogP) is 4.16. The Balaban J connectivity index is 1.76. The second-order valence-electron chi connectivity index (χ2n) is 7.32. The summed E-state index contributed by atoms with van der Waals surface area (Å²) in [5.74, 6) is 1.67. The number of benzene rings is 2. The molecule has 2 aromatic carbocycles. The third-order valence-corrected chi connectivity index (χ3v) is 5.45. The molecule has 7 nitrogen and oxygen atoms in total. The minimum absolute atomic E-state index is 0.00692. The van der Waals surface area contributed by atoms with Crippen molar-refractivity contribution < 1.29 is 9.53 Å². The maximum Gasteiger partial charge on any atom is 0.410 e. The highest BCUT2D eigenvalue weighted by Crippen LogP contribution is 2.32. The molecule has 30 heavy (non-hydrogen) atoms. The molecule has 1 saturated heterocycles. The van der Waals surface area contributed by atoms with Gasteiger partial charge in [-0.2, -0.15) is 0 Å². The van der Waals surface area contributed by atoms with Gasteiger partial charge in [-0.25, -0.2) is 14.8 Å². The normalized spacial score (nSPS) is 14.9. The van der Waals surface area contributed by atoms with Crippen molar-refractivity contribution in [2.75, 3.05) is 25.0 Å². The number of rotatable bonds is 7. The third kappa shape index (κ3) is 4.47. The van der Waals surface area contributed by atoms with E-state index in [9.17, 15) is 4.79 Å². The molecule has 1 aliphatic heterocycles. The van der Waals surface area contributed by atoms with E-state index in [-0.39, 0.29) is 6.04 Å². The number of nitrogens with one attached hydrogen (secondary N) is 1. The average Bonchev–Trinajstić information content (AvgIpc) is 2.69. The highest BCUT2D eigenvalue weighted by atomic mass is 35.5. The van der Waals surface area contributed by atoms with E-state index in [1.165, 1.54) is 6.42 Å². The van der Waals surface area contributed by atoms with Gasteiger partial charge in [-0.1, -0.05) is 36.7 Å². The van der Waals surface area contributed by atoms with Gasteiger partial charge in [-0.15, -0.1) is 0 Å². The van der Waals surface area contributed by atoms with Crippen molar-refractivity contribution in [1.29, 1.82) is 0 Å². The molecule has 1 aromatic heterocycles. The molecule has 0 aliphatic carbocycles. The van der Waals surface area contributed by atoms with Gasteiger partial charge in [0.05, 0.1) is 6.04 Å². The van der Waals surface area contributed by atoms with E-state index in [4.69, 9.17) is 27.1 Å². The molecule has 0 spiro atoms. The Morgan fingerprint density at radius 3 is 2.73 bits per heavy atom. The van der Waals surface area contributed by atoms with Crippen LogP contribution in [0.3, 0.4) is 0 Å². The first-order valence-electron chi connectivity index (χ1n) is 10.0. The Labute approximate surface area is 180 Å². The molecule has 2 heterocycles. The van der Waals surface area contributed by atoms with E-state index in [1.807, 2.05) is 31.2 Å². The molecular weight excluding hydrogens is 402 g/mol. The van der Waals surface area contributed by atoms with Gasteiger partial charge < -0.3 is 20.7 Å². The van der Waals surface area contributed by atoms with Gasteiger partial charge in [-0.05, 0) is 49.3 Å². The van der Waals surface area contributed by atoms with Crippen molar-refractivity contribution in [2.45, 2.75) is 25.8 Å². The number of primary amides is 1. The quantitative estimate of drug-likeness (QED) is 0.590. The van der Waals surface area contributed by atoms with E-state index in [1.54, 1.807) is 12.1 Å². The number of carbonyl (C=O) groups is 1. The lowest BCUT2D eigenvalue weighted by atomic mass is 10.0. The van der Waals surface area contributed by atoms with E-state index in [0.29, 0.717) is 34.4 Å². The third-order valence-electron chi connectivity index (χ3n) is 5.21. The molecule has 1 aliphatic rings. The Bertz CT molecular complexity index is 1070. The van der Waals surface area contributed by atoms with Crippen molar-refractivity contribution in [1.82, 2.24) is 14.9 Å². The highest BCUT2D eigenvalue weighted by molar-refractivity contribution is 6.30. The molecular formula is C22H24ClN5O2. The van der Waals surface area contributed by atoms with Crippen molar-refractivity contribution >= 4 is 34.4 Å². The number of hydrogen-bond donors (Lipinski definition) is 2. The van der Waals surface area contributed by atoms with Crippen LogP contribution in [0.15, 0.2) is 42.5 Å². The standard InChI is InChI=1S/C22H24ClN5O2/c1-2-19-26-20-16(8-4-9-18(20)30-22(24)29)21(27-19)25-17(13-28-10-5-11-28)14-6-3-7-15(23)12-14/h3-4,6-9,12,17H,2,5,10-11,13H2,1H3,(H2,24,29)(H,25,26,27)/t17-/m1/s1. The number of aromatic nitrogens is 2. The first-order chi connectivity index (χ1) is 14.5. The summed E-state index contributed by atoms with van der Waals surface area (Å²) >= 11 is 6.26. The Hall–Kier alpha value is -2.90. The lowest BCUT2D eigenvalue weighted by Gasteiger charge is -2.35. The lowest BCUT2D eigenvalue weighted by molar-refractivity contribution is 0.174. The molecule has 0 radical (unpaired) electrons. The van der Waals surface area contributed by atoms with Crippen LogP contribution >= 0.6 is 11.6 Å². The van der Waals surface area contributed by atoms with E-state index in [0.717, 1.165) is 30.6 Å². The second kappa shape index (κ2) is 8.85. The van der Waals surface area contributed by atoms with Crippen molar-refractivity contribution in [3.63, 3.8) is 0 Å². The monoisotopic (exact) mass is 425 g/mol. The fourth-order valence-electron chi connectivity index (χ4n) is 3.58. The molecule has 0 bridgehead atoms. The van der Waals surface area contributed by atoms with Gasteiger partial charge >= 0.3 is 6.09 Å². The number of nitrogens with zero attached hydrogens (tertiary/aromatic N) is 3. The Morgan fingerprint density at radius 2 is 2.07 bits per heavy atom. The van der Waals surface area contributed by atoms with Crippen LogP contribution in [0.1, 0.15) is 30.8 Å². The zero-order chi connectivity index (χ0) is 21.1. The number of hydrogen-bond acceptors (Lipinski definition) is 6. The highest BCUT2D eigenvalue weighted by Gasteiger charge is 2.23. The summed E-state index contributed by atoms with van der Waals surface area (Å²) in [4.78, 5) is 23.0. The second-order valence-corrected chi connectivity index (χ2v) is 7.76. The van der Waals surface area contributed by atoms with Crippen LogP contribution in [0.4, 0.5) is 10.6 Å². The number of halogens is 1. The number of fused-ring (bicyclic) bond motifs is 1. The van der Waals surface area contributed by atoms with E-state index in [2.05, 4.69) is 21.3 Å². The topological polar surface area (TPSA) is 93.4 Å². The van der Waals surface area contributed by atoms with Gasteiger partial charge in [0.1, 0.15) is 17.2 Å². The minimum Gasteiger partial charge on any atom is -0.408 e. The largest absolute Gasteiger partial charge is 0.410 e. The zero-order valence-electron chi connectivity index (χ0n) is 16.8. The fourth-order valence-corrected chi connectivity index (χ4v) is 3.77. The van der Waals surface area contributed by atoms with Crippen molar-refractivity contribution in [2.24, 2.45) is 5.73 Å². The van der Waals surface area contributed by atoms with Crippen LogP contribution in [0.25, 0.3) is 10.9 Å².